The fraction of sp³-hybridized carbons (Fsp3) is 0.444. The molecule has 0 fully saturated rings. The molecule has 0 aromatic rings. The summed E-state index contributed by atoms with van der Waals surface area (Å²) in [4.78, 5) is 13.8. The highest BCUT2D eigenvalue weighted by molar-refractivity contribution is 5.37. The first-order valence-electron chi connectivity index (χ1n) is 3.83. The van der Waals surface area contributed by atoms with Crippen molar-refractivity contribution in [3.63, 3.8) is 0 Å². The highest BCUT2D eigenvalue weighted by Crippen LogP contribution is 2.27. The molecular weight excluding hydrogens is 170 g/mol. The molecule has 0 aliphatic heterocycles. The molecule has 0 heterocycles. The summed E-state index contributed by atoms with van der Waals surface area (Å²) in [6.07, 6.45) is 7.15. The molecule has 0 spiro atoms. The molecule has 1 aliphatic carbocycles. The summed E-state index contributed by atoms with van der Waals surface area (Å²) in [5, 5.41) is 0. The van der Waals surface area contributed by atoms with E-state index in [1.165, 1.54) is 13.2 Å². The Hall–Kier alpha value is -1.38. The van der Waals surface area contributed by atoms with Crippen LogP contribution < -0.4 is 0 Å². The fourth-order valence-electron chi connectivity index (χ4n) is 1.15. The van der Waals surface area contributed by atoms with E-state index < -0.39 is 5.72 Å². The molecule has 1 atom stereocenters. The first kappa shape index (κ1) is 9.71. The van der Waals surface area contributed by atoms with Crippen LogP contribution in [0.25, 0.3) is 0 Å². The average molecular weight is 181 g/mol. The normalized spacial score (nSPS) is 26.2. The van der Waals surface area contributed by atoms with Crippen LogP contribution in [0, 0.1) is 0 Å². The quantitative estimate of drug-likeness (QED) is 0.484. The average Bonchev–Trinajstić information content (AvgIpc) is 2.19. The van der Waals surface area contributed by atoms with Crippen molar-refractivity contribution in [2.45, 2.75) is 12.1 Å². The highest BCUT2D eigenvalue weighted by atomic mass is 16.5. The molecule has 0 saturated carbocycles. The van der Waals surface area contributed by atoms with Crippen molar-refractivity contribution in [1.29, 1.82) is 0 Å². The fourth-order valence-corrected chi connectivity index (χ4v) is 1.15. The Morgan fingerprint density at radius 3 is 2.92 bits per heavy atom. The van der Waals surface area contributed by atoms with Gasteiger partial charge in [-0.05, 0) is 12.2 Å². The summed E-state index contributed by atoms with van der Waals surface area (Å²) in [6.45, 7) is 0. The lowest BCUT2D eigenvalue weighted by atomic mass is 10.0. The smallest absolute Gasteiger partial charge is 0.238 e. The van der Waals surface area contributed by atoms with Gasteiger partial charge in [0, 0.05) is 7.11 Å². The summed E-state index contributed by atoms with van der Waals surface area (Å²) in [6, 6.07) is 0. The molecule has 0 N–H and O–H groups in total. The minimum atomic E-state index is -0.929. The second-order valence-corrected chi connectivity index (χ2v) is 2.63. The molecule has 0 aromatic carbocycles. The number of methoxy groups -OCH3 is 2. The lowest BCUT2D eigenvalue weighted by Gasteiger charge is -2.25. The van der Waals surface area contributed by atoms with Crippen LogP contribution in [0.5, 0.6) is 0 Å². The standard InChI is InChI=1S/C9H11NO3/c1-12-8-4-3-5-9(6-8,13-2)10-7-11/h3-5H,6H2,1-2H3. The lowest BCUT2D eigenvalue weighted by molar-refractivity contribution is 0.0275. The second-order valence-electron chi connectivity index (χ2n) is 2.63. The van der Waals surface area contributed by atoms with Crippen molar-refractivity contribution in [3.8, 4) is 0 Å². The van der Waals surface area contributed by atoms with Crippen molar-refractivity contribution in [2.24, 2.45) is 4.99 Å². The Morgan fingerprint density at radius 2 is 2.38 bits per heavy atom. The van der Waals surface area contributed by atoms with Gasteiger partial charge in [0.25, 0.3) is 0 Å². The molecule has 0 aromatic heterocycles. The van der Waals surface area contributed by atoms with Gasteiger partial charge in [-0.3, -0.25) is 0 Å². The predicted octanol–water partition coefficient (Wildman–Crippen LogP) is 1.16. The van der Waals surface area contributed by atoms with Crippen LogP contribution in [0.3, 0.4) is 0 Å². The maximum absolute atomic E-state index is 10.2. The van der Waals surface area contributed by atoms with Crippen molar-refractivity contribution in [3.05, 3.63) is 24.0 Å². The van der Waals surface area contributed by atoms with Gasteiger partial charge in [-0.25, -0.2) is 4.79 Å². The minimum Gasteiger partial charge on any atom is -0.501 e. The molecule has 13 heavy (non-hydrogen) atoms. The van der Waals surface area contributed by atoms with Gasteiger partial charge in [0.15, 0.2) is 5.72 Å². The second kappa shape index (κ2) is 4.03. The van der Waals surface area contributed by atoms with Gasteiger partial charge in [0.05, 0.1) is 13.5 Å². The maximum atomic E-state index is 10.2. The van der Waals surface area contributed by atoms with Crippen molar-refractivity contribution < 1.29 is 14.3 Å². The number of carbonyl (C=O) groups excluding carboxylic acids is 1. The molecule has 1 rings (SSSR count). The van der Waals surface area contributed by atoms with E-state index in [4.69, 9.17) is 9.47 Å². The molecule has 1 aliphatic rings. The molecule has 0 amide bonds. The van der Waals surface area contributed by atoms with Crippen LogP contribution in [-0.2, 0) is 14.3 Å². The maximum Gasteiger partial charge on any atom is 0.238 e. The van der Waals surface area contributed by atoms with E-state index in [0.29, 0.717) is 6.42 Å². The first-order valence-corrected chi connectivity index (χ1v) is 3.83. The summed E-state index contributed by atoms with van der Waals surface area (Å²) in [5.41, 5.74) is -0.929. The Kier molecular flexibility index (Phi) is 3.01. The molecule has 0 bridgehead atoms. The van der Waals surface area contributed by atoms with E-state index >= 15 is 0 Å². The minimum absolute atomic E-state index is 0.422. The number of nitrogens with zero attached hydrogens (tertiary/aromatic N) is 1. The monoisotopic (exact) mass is 181 g/mol. The largest absolute Gasteiger partial charge is 0.501 e. The molecule has 4 heteroatoms. The number of allylic oxidation sites excluding steroid dienone is 2. The van der Waals surface area contributed by atoms with Crippen LogP contribution in [0.4, 0.5) is 0 Å². The third-order valence-corrected chi connectivity index (χ3v) is 1.92. The van der Waals surface area contributed by atoms with Crippen LogP contribution in [0.2, 0.25) is 0 Å². The van der Waals surface area contributed by atoms with E-state index in [9.17, 15) is 4.79 Å². The molecule has 4 nitrogen and oxygen atoms in total. The summed E-state index contributed by atoms with van der Waals surface area (Å²) < 4.78 is 10.1. The van der Waals surface area contributed by atoms with Crippen LogP contribution in [0.15, 0.2) is 29.0 Å². The molecule has 0 radical (unpaired) electrons. The first-order chi connectivity index (χ1) is 6.26. The van der Waals surface area contributed by atoms with E-state index in [0.717, 1.165) is 5.76 Å². The van der Waals surface area contributed by atoms with Crippen molar-refractivity contribution in [1.82, 2.24) is 0 Å². The van der Waals surface area contributed by atoms with Gasteiger partial charge in [-0.2, -0.15) is 4.99 Å². The number of ether oxygens (including phenoxy) is 2. The molecule has 70 valence electrons. The third-order valence-electron chi connectivity index (χ3n) is 1.92. The summed E-state index contributed by atoms with van der Waals surface area (Å²) in [7, 11) is 3.06. The number of aliphatic imine (C=N–C) groups is 1. The zero-order chi connectivity index (χ0) is 9.73. The van der Waals surface area contributed by atoms with Crippen LogP contribution in [-0.4, -0.2) is 26.0 Å². The van der Waals surface area contributed by atoms with E-state index in [1.54, 1.807) is 25.3 Å². The summed E-state index contributed by atoms with van der Waals surface area (Å²) in [5.74, 6) is 0.725. The number of isocyanates is 1. The van der Waals surface area contributed by atoms with Crippen molar-refractivity contribution >= 4 is 6.08 Å². The molecule has 0 saturated heterocycles. The van der Waals surface area contributed by atoms with Gasteiger partial charge < -0.3 is 9.47 Å². The SMILES string of the molecule is COC1=CC=CC(N=C=O)(OC)C1. The molecule has 1 unspecified atom stereocenters. The van der Waals surface area contributed by atoms with E-state index in [2.05, 4.69) is 4.99 Å². The zero-order valence-electron chi connectivity index (χ0n) is 7.61. The van der Waals surface area contributed by atoms with Gasteiger partial charge in [-0.1, -0.05) is 6.08 Å². The Labute approximate surface area is 76.6 Å². The van der Waals surface area contributed by atoms with Gasteiger partial charge >= 0.3 is 0 Å². The lowest BCUT2D eigenvalue weighted by Crippen LogP contribution is -2.28. The summed E-state index contributed by atoms with van der Waals surface area (Å²) >= 11 is 0. The topological polar surface area (TPSA) is 47.9 Å². The van der Waals surface area contributed by atoms with Gasteiger partial charge in [0.1, 0.15) is 5.76 Å². The number of hydrogen-bond acceptors (Lipinski definition) is 4. The Morgan fingerprint density at radius 1 is 1.62 bits per heavy atom. The van der Waals surface area contributed by atoms with Gasteiger partial charge in [0.2, 0.25) is 6.08 Å². The van der Waals surface area contributed by atoms with Crippen molar-refractivity contribution in [2.75, 3.05) is 14.2 Å². The molecular formula is C9H11NO3. The Balaban J connectivity index is 2.88. The van der Waals surface area contributed by atoms with Gasteiger partial charge in [-0.15, -0.1) is 0 Å². The third kappa shape index (κ3) is 2.05. The van der Waals surface area contributed by atoms with E-state index in [1.807, 2.05) is 0 Å². The highest BCUT2D eigenvalue weighted by Gasteiger charge is 2.29. The predicted molar refractivity (Wildman–Crippen MR) is 46.7 cm³/mol. The van der Waals surface area contributed by atoms with Crippen LogP contribution >= 0.6 is 0 Å². The van der Waals surface area contributed by atoms with Crippen LogP contribution in [0.1, 0.15) is 6.42 Å². The number of hydrogen-bond donors (Lipinski definition) is 0. The number of rotatable bonds is 3. The zero-order valence-corrected chi connectivity index (χ0v) is 7.61. The Bertz CT molecular complexity index is 289. The van der Waals surface area contributed by atoms with E-state index in [-0.39, 0.29) is 0 Å².